The van der Waals surface area contributed by atoms with Crippen molar-refractivity contribution in [3.63, 3.8) is 0 Å². The van der Waals surface area contributed by atoms with Gasteiger partial charge in [-0.1, -0.05) is 42.0 Å². The van der Waals surface area contributed by atoms with Crippen LogP contribution in [0.2, 0.25) is 0 Å². The number of amides is 1. The predicted molar refractivity (Wildman–Crippen MR) is 114 cm³/mol. The van der Waals surface area contributed by atoms with Crippen molar-refractivity contribution in [1.82, 2.24) is 20.1 Å². The minimum Gasteiger partial charge on any atom is -0.355 e. The molecule has 1 heterocycles. The van der Waals surface area contributed by atoms with Gasteiger partial charge in [-0.15, -0.1) is 0 Å². The molecule has 0 bridgehead atoms. The molecule has 0 aliphatic heterocycles. The molecular formula is C20H22N4O3S2. The minimum atomic E-state index is -3.35. The van der Waals surface area contributed by atoms with Crippen LogP contribution in [0, 0.1) is 11.7 Å². The molecule has 3 aromatic rings. The van der Waals surface area contributed by atoms with E-state index in [-0.39, 0.29) is 24.7 Å². The van der Waals surface area contributed by atoms with Crippen LogP contribution >= 0.6 is 12.2 Å². The van der Waals surface area contributed by atoms with Gasteiger partial charge in [-0.25, -0.2) is 8.42 Å². The summed E-state index contributed by atoms with van der Waals surface area (Å²) < 4.78 is 26.5. The number of aromatic amines is 1. The van der Waals surface area contributed by atoms with Crippen molar-refractivity contribution >= 4 is 28.0 Å². The molecule has 29 heavy (non-hydrogen) atoms. The van der Waals surface area contributed by atoms with E-state index in [2.05, 4.69) is 15.5 Å². The van der Waals surface area contributed by atoms with E-state index in [1.807, 2.05) is 31.2 Å². The third kappa shape index (κ3) is 5.39. The quantitative estimate of drug-likeness (QED) is 0.423. The van der Waals surface area contributed by atoms with Gasteiger partial charge in [-0.2, -0.15) is 5.10 Å². The first-order chi connectivity index (χ1) is 13.9. The lowest BCUT2D eigenvalue weighted by molar-refractivity contribution is -0.121. The van der Waals surface area contributed by atoms with E-state index in [4.69, 9.17) is 12.2 Å². The molecule has 0 saturated heterocycles. The first kappa shape index (κ1) is 20.9. The summed E-state index contributed by atoms with van der Waals surface area (Å²) in [6.07, 6.45) is 0.324. The summed E-state index contributed by atoms with van der Waals surface area (Å²) in [7, 11) is -3.35. The number of carbonyl (C=O) groups excluding carboxylic acids is 1. The maximum Gasteiger partial charge on any atom is 0.240 e. The first-order valence-electron chi connectivity index (χ1n) is 9.13. The first-order valence-corrected chi connectivity index (χ1v) is 11.2. The Balaban J connectivity index is 1.57. The van der Waals surface area contributed by atoms with Crippen molar-refractivity contribution < 1.29 is 13.2 Å². The van der Waals surface area contributed by atoms with Gasteiger partial charge in [0.1, 0.15) is 6.54 Å². The summed E-state index contributed by atoms with van der Waals surface area (Å²) >= 11 is 5.25. The minimum absolute atomic E-state index is 0.00401. The molecule has 0 aliphatic carbocycles. The Bertz CT molecular complexity index is 1150. The van der Waals surface area contributed by atoms with Crippen LogP contribution in [0.1, 0.15) is 12.0 Å². The topological polar surface area (TPSA) is 96.8 Å². The maximum absolute atomic E-state index is 12.3. The molecule has 2 aromatic carbocycles. The molecule has 0 radical (unpaired) electrons. The highest BCUT2D eigenvalue weighted by molar-refractivity contribution is 7.91. The molecule has 2 N–H and O–H groups in total. The lowest BCUT2D eigenvalue weighted by Gasteiger charge is -2.09. The van der Waals surface area contributed by atoms with Crippen LogP contribution in [0.25, 0.3) is 11.4 Å². The standard InChI is InChI=1S/C20H22N4O3S2/c1-15-7-5-8-16(13-15)19-22-23-20(28)24(19)14-18(25)21-11-6-12-29(26,27)17-9-3-2-4-10-17/h2-5,7-10,13H,6,11-12,14H2,1H3,(H,21,25)(H,23,28). The Labute approximate surface area is 174 Å². The highest BCUT2D eigenvalue weighted by Gasteiger charge is 2.15. The average molecular weight is 431 g/mol. The molecule has 7 nitrogen and oxygen atoms in total. The van der Waals surface area contributed by atoms with Crippen molar-refractivity contribution in [2.75, 3.05) is 12.3 Å². The number of rotatable bonds is 8. The van der Waals surface area contributed by atoms with E-state index >= 15 is 0 Å². The number of nitrogens with zero attached hydrogens (tertiary/aromatic N) is 2. The van der Waals surface area contributed by atoms with E-state index in [0.29, 0.717) is 21.9 Å². The zero-order chi connectivity index (χ0) is 20.9. The molecule has 0 saturated carbocycles. The second-order valence-corrected chi connectivity index (χ2v) is 9.14. The zero-order valence-corrected chi connectivity index (χ0v) is 17.6. The number of aromatic nitrogens is 3. The van der Waals surface area contributed by atoms with Gasteiger partial charge in [0.15, 0.2) is 20.4 Å². The number of hydrogen-bond donors (Lipinski definition) is 2. The lowest BCUT2D eigenvalue weighted by Crippen LogP contribution is -2.29. The number of aryl methyl sites for hydroxylation is 1. The number of sulfone groups is 1. The Kier molecular flexibility index (Phi) is 6.60. The average Bonchev–Trinajstić information content (AvgIpc) is 3.06. The van der Waals surface area contributed by atoms with Gasteiger partial charge in [0, 0.05) is 12.1 Å². The fourth-order valence-corrected chi connectivity index (χ4v) is 4.43. The van der Waals surface area contributed by atoms with Crippen LogP contribution in [0.4, 0.5) is 0 Å². The summed E-state index contributed by atoms with van der Waals surface area (Å²) in [5, 5.41) is 9.70. The number of carbonyl (C=O) groups is 1. The molecule has 9 heteroatoms. The molecule has 1 aromatic heterocycles. The second kappa shape index (κ2) is 9.15. The predicted octanol–water partition coefficient (Wildman–Crippen LogP) is 2.90. The van der Waals surface area contributed by atoms with Crippen LogP contribution in [0.15, 0.2) is 59.5 Å². The Hall–Kier alpha value is -2.78. The number of nitrogens with one attached hydrogen (secondary N) is 2. The molecule has 1 amide bonds. The molecule has 0 aliphatic rings. The summed E-state index contributed by atoms with van der Waals surface area (Å²) in [5.41, 5.74) is 1.94. The fourth-order valence-electron chi connectivity index (χ4n) is 2.90. The largest absolute Gasteiger partial charge is 0.355 e. The highest BCUT2D eigenvalue weighted by Crippen LogP contribution is 2.18. The molecule has 0 unspecified atom stereocenters. The maximum atomic E-state index is 12.3. The van der Waals surface area contributed by atoms with Crippen molar-refractivity contribution in [2.24, 2.45) is 0 Å². The van der Waals surface area contributed by atoms with Gasteiger partial charge in [0.2, 0.25) is 5.91 Å². The van der Waals surface area contributed by atoms with Crippen molar-refractivity contribution in [2.45, 2.75) is 24.8 Å². The van der Waals surface area contributed by atoms with Crippen LogP contribution in [0.3, 0.4) is 0 Å². The van der Waals surface area contributed by atoms with Gasteiger partial charge in [0.25, 0.3) is 0 Å². The van der Waals surface area contributed by atoms with Crippen LogP contribution < -0.4 is 5.32 Å². The smallest absolute Gasteiger partial charge is 0.240 e. The molecule has 0 fully saturated rings. The van der Waals surface area contributed by atoms with Crippen molar-refractivity contribution in [1.29, 1.82) is 0 Å². The Morgan fingerprint density at radius 2 is 1.93 bits per heavy atom. The normalized spacial score (nSPS) is 11.3. The van der Waals surface area contributed by atoms with Gasteiger partial charge in [-0.05, 0) is 43.8 Å². The van der Waals surface area contributed by atoms with E-state index in [9.17, 15) is 13.2 Å². The van der Waals surface area contributed by atoms with Gasteiger partial charge in [0.05, 0.1) is 10.6 Å². The van der Waals surface area contributed by atoms with Crippen molar-refractivity contribution in [3.8, 4) is 11.4 Å². The van der Waals surface area contributed by atoms with E-state index in [1.165, 1.54) is 0 Å². The van der Waals surface area contributed by atoms with E-state index in [0.717, 1.165) is 11.1 Å². The van der Waals surface area contributed by atoms with E-state index < -0.39 is 9.84 Å². The van der Waals surface area contributed by atoms with Gasteiger partial charge < -0.3 is 5.32 Å². The molecule has 152 valence electrons. The molecule has 3 rings (SSSR count). The van der Waals surface area contributed by atoms with Gasteiger partial charge >= 0.3 is 0 Å². The highest BCUT2D eigenvalue weighted by atomic mass is 32.2. The van der Waals surface area contributed by atoms with Crippen LogP contribution in [0.5, 0.6) is 0 Å². The summed E-state index contributed by atoms with van der Waals surface area (Å²) in [6, 6.07) is 16.1. The zero-order valence-electron chi connectivity index (χ0n) is 16.0. The Morgan fingerprint density at radius 3 is 2.66 bits per heavy atom. The summed E-state index contributed by atoms with van der Waals surface area (Å²) in [4.78, 5) is 12.6. The molecule has 0 atom stereocenters. The van der Waals surface area contributed by atoms with Gasteiger partial charge in [-0.3, -0.25) is 14.5 Å². The summed E-state index contributed by atoms with van der Waals surface area (Å²) in [5.74, 6) is 0.297. The van der Waals surface area contributed by atoms with Crippen LogP contribution in [-0.2, 0) is 21.2 Å². The lowest BCUT2D eigenvalue weighted by atomic mass is 10.1. The number of benzene rings is 2. The fraction of sp³-hybridized carbons (Fsp3) is 0.250. The third-order valence-electron chi connectivity index (χ3n) is 4.35. The van der Waals surface area contributed by atoms with Crippen molar-refractivity contribution in [3.05, 3.63) is 64.9 Å². The monoisotopic (exact) mass is 430 g/mol. The molecule has 0 spiro atoms. The molecular weight excluding hydrogens is 408 g/mol. The number of hydrogen-bond acceptors (Lipinski definition) is 5. The van der Waals surface area contributed by atoms with Crippen LogP contribution in [-0.4, -0.2) is 41.4 Å². The summed E-state index contributed by atoms with van der Waals surface area (Å²) in [6.45, 7) is 2.24. The third-order valence-corrected chi connectivity index (χ3v) is 6.48. The second-order valence-electron chi connectivity index (χ2n) is 6.64. The SMILES string of the molecule is Cc1cccc(-c2n[nH]c(=S)n2CC(=O)NCCCS(=O)(=O)c2ccccc2)c1. The Morgan fingerprint density at radius 1 is 1.17 bits per heavy atom. The number of H-pyrrole nitrogens is 1. The van der Waals surface area contributed by atoms with E-state index in [1.54, 1.807) is 34.9 Å².